The minimum Gasteiger partial charge on any atom is -0.384 e. The number of benzene rings is 2. The minimum atomic E-state index is -0.602. The van der Waals surface area contributed by atoms with Gasteiger partial charge in [0, 0.05) is 51.2 Å². The summed E-state index contributed by atoms with van der Waals surface area (Å²) in [6.07, 6.45) is 10.0. The number of piperidine rings is 1. The summed E-state index contributed by atoms with van der Waals surface area (Å²) in [4.78, 5) is 29.2. The molecule has 1 spiro atoms. The maximum Gasteiger partial charge on any atom is 0.245 e. The highest BCUT2D eigenvalue weighted by Gasteiger charge is 2.54. The minimum absolute atomic E-state index is 0.0251. The molecule has 41 heavy (non-hydrogen) atoms. The molecule has 2 aromatic rings. The molecule has 2 aliphatic carbocycles. The van der Waals surface area contributed by atoms with Crippen molar-refractivity contribution in [3.8, 4) is 0 Å². The van der Waals surface area contributed by atoms with Gasteiger partial charge in [-0.1, -0.05) is 60.8 Å². The first kappa shape index (κ1) is 30.1. The van der Waals surface area contributed by atoms with E-state index in [1.165, 1.54) is 32.1 Å². The highest BCUT2D eigenvalue weighted by molar-refractivity contribution is 6.30. The van der Waals surface area contributed by atoms with Crippen molar-refractivity contribution in [1.29, 1.82) is 0 Å². The lowest BCUT2D eigenvalue weighted by molar-refractivity contribution is -0.139. The number of carbonyl (C=O) groups is 2. The van der Waals surface area contributed by atoms with E-state index in [0.717, 1.165) is 61.1 Å². The van der Waals surface area contributed by atoms with Crippen LogP contribution in [-0.2, 0) is 33.7 Å². The van der Waals surface area contributed by atoms with Crippen LogP contribution in [0.3, 0.4) is 0 Å². The Bertz CT molecular complexity index is 1180. The van der Waals surface area contributed by atoms with Gasteiger partial charge in [-0.3, -0.25) is 9.59 Å². The third kappa shape index (κ3) is 6.98. The molecule has 4 atom stereocenters. The molecule has 2 saturated carbocycles. The zero-order valence-corrected chi connectivity index (χ0v) is 25.2. The highest BCUT2D eigenvalue weighted by atomic mass is 35.5. The van der Waals surface area contributed by atoms with Crippen molar-refractivity contribution < 1.29 is 14.3 Å². The number of halogens is 1. The lowest BCUT2D eigenvalue weighted by Crippen LogP contribution is -2.53. The van der Waals surface area contributed by atoms with E-state index in [0.29, 0.717) is 42.2 Å². The van der Waals surface area contributed by atoms with Gasteiger partial charge in [-0.15, -0.1) is 0 Å². The first-order chi connectivity index (χ1) is 19.9. The number of nitrogens with one attached hydrogen (secondary N) is 1. The summed E-state index contributed by atoms with van der Waals surface area (Å²) in [7, 11) is 1.83. The Morgan fingerprint density at radius 2 is 1.78 bits per heavy atom. The number of nitrogens with zero attached hydrogens (tertiary/aromatic N) is 1. The van der Waals surface area contributed by atoms with Crippen molar-refractivity contribution >= 4 is 23.4 Å². The largest absolute Gasteiger partial charge is 0.384 e. The summed E-state index contributed by atoms with van der Waals surface area (Å²) in [6.45, 7) is 2.83. The molecule has 2 aromatic carbocycles. The molecule has 0 aromatic heterocycles. The number of aryl methyl sites for hydroxylation is 1. The molecule has 1 heterocycles. The van der Waals surface area contributed by atoms with Gasteiger partial charge in [0.05, 0.1) is 0 Å². The second-order valence-corrected chi connectivity index (χ2v) is 13.0. The van der Waals surface area contributed by atoms with E-state index in [-0.39, 0.29) is 11.8 Å². The smallest absolute Gasteiger partial charge is 0.245 e. The van der Waals surface area contributed by atoms with E-state index in [1.54, 1.807) is 0 Å². The van der Waals surface area contributed by atoms with E-state index in [2.05, 4.69) is 5.32 Å². The van der Waals surface area contributed by atoms with Crippen LogP contribution in [0.2, 0.25) is 5.02 Å². The topological polar surface area (TPSA) is 84.7 Å². The normalized spacial score (nSPS) is 24.2. The van der Waals surface area contributed by atoms with Crippen molar-refractivity contribution in [2.24, 2.45) is 28.9 Å². The summed E-state index contributed by atoms with van der Waals surface area (Å²) >= 11 is 6.12. The first-order valence-corrected chi connectivity index (χ1v) is 15.9. The van der Waals surface area contributed by atoms with Crippen LogP contribution in [-0.4, -0.2) is 49.6 Å². The molecule has 2 amide bonds. The standard InChI is InChI=1S/C34H46ClN3O3/c1-41-23-27-21-34(30-9-5-4-8-29(27)30)16-18-38(19-17-34)33(40)31(20-24-10-13-28(35)14-11-24)37-32(39)15-12-25-6-2-3-7-26(25)22-36/h2-3,6-7,10-11,13-14,27,29-31H,4-5,8-9,12,15-23,36H2,1H3,(H,37,39)/t27-,29?,30?,31+/m0/s1. The molecule has 3 fully saturated rings. The van der Waals surface area contributed by atoms with Crippen molar-refractivity contribution in [2.75, 3.05) is 26.8 Å². The van der Waals surface area contributed by atoms with Crippen LogP contribution in [0.4, 0.5) is 0 Å². The Labute approximate surface area is 250 Å². The third-order valence-corrected chi connectivity index (χ3v) is 10.5. The van der Waals surface area contributed by atoms with Crippen molar-refractivity contribution in [1.82, 2.24) is 10.2 Å². The Morgan fingerprint density at radius 1 is 1.07 bits per heavy atom. The average Bonchev–Trinajstić information content (AvgIpc) is 3.29. The van der Waals surface area contributed by atoms with E-state index in [4.69, 9.17) is 22.1 Å². The number of fused-ring (bicyclic) bond motifs is 2. The van der Waals surface area contributed by atoms with Gasteiger partial charge < -0.3 is 20.7 Å². The van der Waals surface area contributed by atoms with Gasteiger partial charge in [-0.2, -0.15) is 0 Å². The zero-order valence-electron chi connectivity index (χ0n) is 24.5. The van der Waals surface area contributed by atoms with Crippen LogP contribution in [0.1, 0.15) is 68.1 Å². The van der Waals surface area contributed by atoms with Crippen molar-refractivity contribution in [3.63, 3.8) is 0 Å². The molecule has 2 unspecified atom stereocenters. The number of rotatable bonds is 10. The molecule has 3 aliphatic rings. The summed E-state index contributed by atoms with van der Waals surface area (Å²) in [5.74, 6) is 2.09. The second-order valence-electron chi connectivity index (χ2n) is 12.6. The monoisotopic (exact) mass is 579 g/mol. The van der Waals surface area contributed by atoms with Crippen molar-refractivity contribution in [2.45, 2.75) is 76.8 Å². The fourth-order valence-electron chi connectivity index (χ4n) is 8.24. The molecule has 5 rings (SSSR count). The summed E-state index contributed by atoms with van der Waals surface area (Å²) in [5.41, 5.74) is 9.34. The number of hydrogen-bond acceptors (Lipinski definition) is 4. The maximum absolute atomic E-state index is 14.0. The lowest BCUT2D eigenvalue weighted by atomic mass is 9.65. The summed E-state index contributed by atoms with van der Waals surface area (Å²) in [6, 6.07) is 14.9. The number of methoxy groups -OCH3 is 1. The van der Waals surface area contributed by atoms with Gasteiger partial charge in [0.25, 0.3) is 0 Å². The number of carbonyl (C=O) groups excluding carboxylic acids is 2. The van der Waals surface area contributed by atoms with Crippen molar-refractivity contribution in [3.05, 3.63) is 70.2 Å². The Hall–Kier alpha value is -2.41. The molecule has 7 heteroatoms. The highest BCUT2D eigenvalue weighted by Crippen LogP contribution is 2.60. The predicted octanol–water partition coefficient (Wildman–Crippen LogP) is 5.54. The molecule has 0 bridgehead atoms. The van der Waals surface area contributed by atoms with Crippen LogP contribution in [0.25, 0.3) is 0 Å². The number of amides is 2. The van der Waals surface area contributed by atoms with Gasteiger partial charge >= 0.3 is 0 Å². The molecular weight excluding hydrogens is 534 g/mol. The number of ether oxygens (including phenoxy) is 1. The Kier molecular flexibility index (Phi) is 10.1. The molecule has 3 N–H and O–H groups in total. The van der Waals surface area contributed by atoms with E-state index >= 15 is 0 Å². The van der Waals surface area contributed by atoms with Gasteiger partial charge in [0.2, 0.25) is 11.8 Å². The maximum atomic E-state index is 14.0. The average molecular weight is 580 g/mol. The van der Waals surface area contributed by atoms with Gasteiger partial charge in [-0.05, 0) is 90.5 Å². The van der Waals surface area contributed by atoms with Crippen LogP contribution >= 0.6 is 11.6 Å². The molecular formula is C34H46ClN3O3. The van der Waals surface area contributed by atoms with Crippen LogP contribution < -0.4 is 11.1 Å². The molecule has 222 valence electrons. The molecule has 0 radical (unpaired) electrons. The second kappa shape index (κ2) is 13.7. The Morgan fingerprint density at radius 3 is 2.49 bits per heavy atom. The van der Waals surface area contributed by atoms with Crippen LogP contribution in [0.15, 0.2) is 48.5 Å². The van der Waals surface area contributed by atoms with Gasteiger partial charge in [0.1, 0.15) is 6.04 Å². The third-order valence-electron chi connectivity index (χ3n) is 10.3. The van der Waals surface area contributed by atoms with Crippen LogP contribution in [0, 0.1) is 23.2 Å². The molecule has 1 aliphatic heterocycles. The fourth-order valence-corrected chi connectivity index (χ4v) is 8.37. The number of hydrogen-bond donors (Lipinski definition) is 2. The number of likely N-dealkylation sites (tertiary alicyclic amines) is 1. The van der Waals surface area contributed by atoms with E-state index in [1.807, 2.05) is 60.5 Å². The summed E-state index contributed by atoms with van der Waals surface area (Å²) < 4.78 is 5.64. The van der Waals surface area contributed by atoms with E-state index < -0.39 is 6.04 Å². The van der Waals surface area contributed by atoms with Crippen LogP contribution in [0.5, 0.6) is 0 Å². The molecule has 1 saturated heterocycles. The molecule has 6 nitrogen and oxygen atoms in total. The first-order valence-electron chi connectivity index (χ1n) is 15.5. The predicted molar refractivity (Wildman–Crippen MR) is 163 cm³/mol. The van der Waals surface area contributed by atoms with Gasteiger partial charge in [0.15, 0.2) is 0 Å². The lowest BCUT2D eigenvalue weighted by Gasteiger charge is -2.46. The summed E-state index contributed by atoms with van der Waals surface area (Å²) in [5, 5.41) is 3.76. The SMILES string of the molecule is COC[C@@H]1CC2(CCN(C(=O)[C@@H](Cc3ccc(Cl)cc3)NC(=O)CCc3ccccc3CN)CC2)C2CCCCC21. The fraction of sp³-hybridized carbons (Fsp3) is 0.588. The zero-order chi connectivity index (χ0) is 28.8. The number of nitrogens with two attached hydrogens (primary N) is 1. The van der Waals surface area contributed by atoms with Gasteiger partial charge in [-0.25, -0.2) is 0 Å². The van der Waals surface area contributed by atoms with E-state index in [9.17, 15) is 9.59 Å². The quantitative estimate of drug-likeness (QED) is 0.387. The Balaban J connectivity index is 1.25.